The van der Waals surface area contributed by atoms with Gasteiger partial charge in [0.05, 0.1) is 15.8 Å². The van der Waals surface area contributed by atoms with Gasteiger partial charge in [-0.2, -0.15) is 13.2 Å². The lowest BCUT2D eigenvalue weighted by Crippen LogP contribution is -2.50. The largest absolute Gasteiger partial charge is 0.416 e. The third kappa shape index (κ3) is 2.98. The lowest BCUT2D eigenvalue weighted by Gasteiger charge is -2.32. The topological polar surface area (TPSA) is 28.2 Å². The monoisotopic (exact) mass is 315 g/mol. The van der Waals surface area contributed by atoms with E-state index in [2.05, 4.69) is 22.1 Å². The number of hydrogen-bond acceptors (Lipinski definition) is 4. The predicted octanol–water partition coefficient (Wildman–Crippen LogP) is 3.50. The molecule has 0 saturated carbocycles. The molecule has 1 fully saturated rings. The highest BCUT2D eigenvalue weighted by Gasteiger charge is 2.31. The molecule has 0 unspecified atom stereocenters. The Kier molecular flexibility index (Phi) is 3.79. The summed E-state index contributed by atoms with van der Waals surface area (Å²) >= 11 is 1.33. The molecule has 1 atom stereocenters. The molecule has 1 saturated heterocycles. The molecular weight excluding hydrogens is 299 g/mol. The first-order valence-corrected chi connectivity index (χ1v) is 7.75. The first-order chi connectivity index (χ1) is 9.97. The second-order valence-corrected chi connectivity index (χ2v) is 6.19. The van der Waals surface area contributed by atoms with Crippen molar-refractivity contribution in [2.75, 3.05) is 24.5 Å². The Hall–Kier alpha value is -1.34. The Balaban J connectivity index is 1.90. The quantitative estimate of drug-likeness (QED) is 0.919. The number of alkyl halides is 3. The van der Waals surface area contributed by atoms with Crippen LogP contribution in [0.4, 0.5) is 18.3 Å². The molecule has 1 aromatic heterocycles. The van der Waals surface area contributed by atoms with Gasteiger partial charge in [0.25, 0.3) is 0 Å². The molecule has 1 aliphatic rings. The van der Waals surface area contributed by atoms with Gasteiger partial charge >= 0.3 is 6.18 Å². The number of rotatable bonds is 2. The van der Waals surface area contributed by atoms with Crippen LogP contribution in [0.3, 0.4) is 0 Å². The summed E-state index contributed by atoms with van der Waals surface area (Å²) in [5.41, 5.74) is 0.0199. The van der Waals surface area contributed by atoms with Crippen molar-refractivity contribution in [2.45, 2.75) is 25.6 Å². The van der Waals surface area contributed by atoms with Crippen molar-refractivity contribution in [2.24, 2.45) is 0 Å². The van der Waals surface area contributed by atoms with Crippen molar-refractivity contribution in [3.05, 3.63) is 23.8 Å². The van der Waals surface area contributed by atoms with Crippen molar-refractivity contribution in [1.29, 1.82) is 0 Å². The number of hydrogen-bond donors (Lipinski definition) is 1. The lowest BCUT2D eigenvalue weighted by molar-refractivity contribution is -0.137. The van der Waals surface area contributed by atoms with Crippen LogP contribution in [0.15, 0.2) is 18.2 Å². The molecule has 2 heterocycles. The molecule has 1 aromatic carbocycles. The molecular formula is C14H16F3N3S. The van der Waals surface area contributed by atoms with Gasteiger partial charge in [0.2, 0.25) is 0 Å². The van der Waals surface area contributed by atoms with E-state index in [1.165, 1.54) is 23.5 Å². The molecule has 7 heteroatoms. The van der Waals surface area contributed by atoms with E-state index < -0.39 is 11.7 Å². The maximum absolute atomic E-state index is 12.7. The standard InChI is InChI=1S/C14H16F3N3S/c1-2-10-8-20(6-5-18-10)13-19-11-4-3-9(14(15,16)17)7-12(11)21-13/h3-4,7,10,18H,2,5-6,8H2,1H3/t10-/m1/s1. The van der Waals surface area contributed by atoms with Crippen LogP contribution >= 0.6 is 11.3 Å². The fraction of sp³-hybridized carbons (Fsp3) is 0.500. The van der Waals surface area contributed by atoms with Crippen LogP contribution in [0.25, 0.3) is 10.2 Å². The van der Waals surface area contributed by atoms with Gasteiger partial charge in [-0.05, 0) is 24.6 Å². The molecule has 1 N–H and O–H groups in total. The SMILES string of the molecule is CC[C@@H]1CN(c2nc3ccc(C(F)(F)F)cc3s2)CCN1. The van der Waals surface area contributed by atoms with E-state index in [-0.39, 0.29) is 0 Å². The van der Waals surface area contributed by atoms with E-state index >= 15 is 0 Å². The minimum absolute atomic E-state index is 0.413. The van der Waals surface area contributed by atoms with Crippen molar-refractivity contribution in [3.63, 3.8) is 0 Å². The highest BCUT2D eigenvalue weighted by atomic mass is 32.1. The van der Waals surface area contributed by atoms with Crippen LogP contribution in [0.1, 0.15) is 18.9 Å². The third-order valence-corrected chi connectivity index (χ3v) is 4.80. The number of benzene rings is 1. The Morgan fingerprint density at radius 3 is 2.95 bits per heavy atom. The van der Waals surface area contributed by atoms with Crippen LogP contribution in [0.5, 0.6) is 0 Å². The smallest absolute Gasteiger partial charge is 0.345 e. The molecule has 0 aliphatic carbocycles. The van der Waals surface area contributed by atoms with E-state index in [9.17, 15) is 13.2 Å². The summed E-state index contributed by atoms with van der Waals surface area (Å²) in [6.45, 7) is 4.68. The van der Waals surface area contributed by atoms with E-state index in [1.807, 2.05) is 0 Å². The van der Waals surface area contributed by atoms with E-state index in [0.29, 0.717) is 16.3 Å². The molecule has 3 rings (SSSR count). The number of anilines is 1. The average Bonchev–Trinajstić information content (AvgIpc) is 2.89. The van der Waals surface area contributed by atoms with Gasteiger partial charge in [0.1, 0.15) is 0 Å². The molecule has 0 amide bonds. The molecule has 114 valence electrons. The minimum Gasteiger partial charge on any atom is -0.345 e. The zero-order valence-corrected chi connectivity index (χ0v) is 12.4. The fourth-order valence-electron chi connectivity index (χ4n) is 2.50. The summed E-state index contributed by atoms with van der Waals surface area (Å²) in [4.78, 5) is 6.63. The number of halogens is 3. The molecule has 3 nitrogen and oxygen atoms in total. The van der Waals surface area contributed by atoms with Gasteiger partial charge in [-0.1, -0.05) is 18.3 Å². The van der Waals surface area contributed by atoms with Gasteiger partial charge < -0.3 is 10.2 Å². The van der Waals surface area contributed by atoms with Gasteiger partial charge in [-0.25, -0.2) is 4.98 Å². The van der Waals surface area contributed by atoms with Crippen LogP contribution in [0, 0.1) is 0 Å². The number of thiazole rings is 1. The van der Waals surface area contributed by atoms with Gasteiger partial charge in [-0.3, -0.25) is 0 Å². The number of aromatic nitrogens is 1. The average molecular weight is 315 g/mol. The van der Waals surface area contributed by atoms with Crippen LogP contribution < -0.4 is 10.2 Å². The van der Waals surface area contributed by atoms with Crippen molar-refractivity contribution >= 4 is 26.7 Å². The van der Waals surface area contributed by atoms with Crippen LogP contribution in [0.2, 0.25) is 0 Å². The number of nitrogens with one attached hydrogen (secondary N) is 1. The zero-order valence-electron chi connectivity index (χ0n) is 11.6. The zero-order chi connectivity index (χ0) is 15.0. The molecule has 2 aromatic rings. The van der Waals surface area contributed by atoms with Crippen molar-refractivity contribution < 1.29 is 13.2 Å². The maximum atomic E-state index is 12.7. The number of piperazine rings is 1. The van der Waals surface area contributed by atoms with E-state index in [4.69, 9.17) is 0 Å². The summed E-state index contributed by atoms with van der Waals surface area (Å²) in [5, 5.41) is 4.23. The Bertz CT molecular complexity index is 638. The van der Waals surface area contributed by atoms with Crippen molar-refractivity contribution in [3.8, 4) is 0 Å². The second-order valence-electron chi connectivity index (χ2n) is 5.18. The molecule has 0 bridgehead atoms. The first-order valence-electron chi connectivity index (χ1n) is 6.93. The summed E-state index contributed by atoms with van der Waals surface area (Å²) in [6.07, 6.45) is -3.28. The Morgan fingerprint density at radius 2 is 2.24 bits per heavy atom. The van der Waals surface area contributed by atoms with Crippen LogP contribution in [-0.2, 0) is 6.18 Å². The van der Waals surface area contributed by atoms with Gasteiger partial charge in [-0.15, -0.1) is 0 Å². The summed E-state index contributed by atoms with van der Waals surface area (Å²) < 4.78 is 38.8. The number of fused-ring (bicyclic) bond motifs is 1. The second kappa shape index (κ2) is 5.46. The Labute approximate surface area is 124 Å². The molecule has 0 radical (unpaired) electrons. The van der Waals surface area contributed by atoms with Gasteiger partial charge in [0.15, 0.2) is 5.13 Å². The molecule has 1 aliphatic heterocycles. The first kappa shape index (κ1) is 14.6. The van der Waals surface area contributed by atoms with E-state index in [0.717, 1.165) is 37.3 Å². The molecule has 21 heavy (non-hydrogen) atoms. The van der Waals surface area contributed by atoms with Crippen LogP contribution in [-0.4, -0.2) is 30.7 Å². The highest BCUT2D eigenvalue weighted by molar-refractivity contribution is 7.22. The van der Waals surface area contributed by atoms with E-state index in [1.54, 1.807) is 0 Å². The third-order valence-electron chi connectivity index (χ3n) is 3.72. The summed E-state index contributed by atoms with van der Waals surface area (Å²) in [5.74, 6) is 0. The maximum Gasteiger partial charge on any atom is 0.416 e. The van der Waals surface area contributed by atoms with Gasteiger partial charge in [0, 0.05) is 25.7 Å². The highest BCUT2D eigenvalue weighted by Crippen LogP contribution is 2.35. The lowest BCUT2D eigenvalue weighted by atomic mass is 10.2. The summed E-state index contributed by atoms with van der Waals surface area (Å²) in [7, 11) is 0. The minimum atomic E-state index is -4.30. The number of nitrogens with zero attached hydrogens (tertiary/aromatic N) is 2. The predicted molar refractivity (Wildman–Crippen MR) is 78.9 cm³/mol. The Morgan fingerprint density at radius 1 is 1.43 bits per heavy atom. The summed E-state index contributed by atoms with van der Waals surface area (Å²) in [6, 6.07) is 4.16. The van der Waals surface area contributed by atoms with Crippen molar-refractivity contribution in [1.82, 2.24) is 10.3 Å². The normalized spacial score (nSPS) is 20.2. The molecule has 0 spiro atoms. The fourth-order valence-corrected chi connectivity index (χ4v) is 3.54.